The second kappa shape index (κ2) is 5.73. The summed E-state index contributed by atoms with van der Waals surface area (Å²) in [7, 11) is 0. The Bertz CT molecular complexity index is 631. The van der Waals surface area contributed by atoms with E-state index in [2.05, 4.69) is 5.32 Å². The minimum atomic E-state index is -1.37. The van der Waals surface area contributed by atoms with Crippen molar-refractivity contribution in [1.29, 1.82) is 0 Å². The lowest BCUT2D eigenvalue weighted by molar-refractivity contribution is -0.142. The number of anilines is 1. The summed E-state index contributed by atoms with van der Waals surface area (Å²) in [6.07, 6.45) is 0. The highest BCUT2D eigenvalue weighted by molar-refractivity contribution is 6.34. The highest BCUT2D eigenvalue weighted by Crippen LogP contribution is 2.33. The number of halogens is 2. The molecule has 0 aromatic heterocycles. The monoisotopic (exact) mass is 309 g/mol. The molecule has 0 aliphatic heterocycles. The van der Waals surface area contributed by atoms with Crippen LogP contribution in [0.5, 0.6) is 0 Å². The molecular formula is C15H13Cl2NO2. The standard InChI is InChI=1S/C15H13Cl2NO2/c1-15(14(19)20,18-11-5-3-2-4-6-11)12-9-10(16)7-8-13(12)17/h2-9,18H,1H3,(H,19,20). The molecule has 2 aromatic rings. The summed E-state index contributed by atoms with van der Waals surface area (Å²) in [4.78, 5) is 11.7. The molecular weight excluding hydrogens is 297 g/mol. The van der Waals surface area contributed by atoms with Crippen molar-refractivity contribution in [1.82, 2.24) is 0 Å². The van der Waals surface area contributed by atoms with Gasteiger partial charge in [-0.15, -0.1) is 0 Å². The van der Waals surface area contributed by atoms with Crippen molar-refractivity contribution in [2.24, 2.45) is 0 Å². The molecule has 104 valence electrons. The largest absolute Gasteiger partial charge is 0.479 e. The van der Waals surface area contributed by atoms with Gasteiger partial charge in [-0.1, -0.05) is 41.4 Å². The van der Waals surface area contributed by atoms with E-state index in [1.807, 2.05) is 18.2 Å². The predicted molar refractivity (Wildman–Crippen MR) is 81.5 cm³/mol. The fourth-order valence-corrected chi connectivity index (χ4v) is 2.41. The van der Waals surface area contributed by atoms with Crippen molar-refractivity contribution in [3.05, 3.63) is 64.1 Å². The number of hydrogen-bond acceptors (Lipinski definition) is 2. The summed E-state index contributed by atoms with van der Waals surface area (Å²) >= 11 is 12.1. The van der Waals surface area contributed by atoms with Crippen LogP contribution < -0.4 is 5.32 Å². The Kier molecular flexibility index (Phi) is 4.21. The molecule has 0 fully saturated rings. The van der Waals surface area contributed by atoms with Gasteiger partial charge in [0.25, 0.3) is 0 Å². The van der Waals surface area contributed by atoms with Crippen molar-refractivity contribution < 1.29 is 9.90 Å². The molecule has 1 unspecified atom stereocenters. The smallest absolute Gasteiger partial charge is 0.333 e. The lowest BCUT2D eigenvalue weighted by Gasteiger charge is -2.29. The fourth-order valence-electron chi connectivity index (χ4n) is 1.93. The summed E-state index contributed by atoms with van der Waals surface area (Å²) in [6.45, 7) is 1.56. The number of benzene rings is 2. The van der Waals surface area contributed by atoms with Gasteiger partial charge in [0, 0.05) is 21.3 Å². The van der Waals surface area contributed by atoms with Crippen molar-refractivity contribution in [3.63, 3.8) is 0 Å². The van der Waals surface area contributed by atoms with Crippen LogP contribution >= 0.6 is 23.2 Å². The van der Waals surface area contributed by atoms with Gasteiger partial charge in [0.2, 0.25) is 0 Å². The van der Waals surface area contributed by atoms with Gasteiger partial charge < -0.3 is 10.4 Å². The first-order valence-electron chi connectivity index (χ1n) is 5.95. The van der Waals surface area contributed by atoms with Crippen LogP contribution in [0.15, 0.2) is 48.5 Å². The first-order valence-corrected chi connectivity index (χ1v) is 6.71. The molecule has 2 N–H and O–H groups in total. The molecule has 0 amide bonds. The maximum absolute atomic E-state index is 11.7. The average molecular weight is 310 g/mol. The topological polar surface area (TPSA) is 49.3 Å². The Morgan fingerprint density at radius 1 is 1.15 bits per heavy atom. The van der Waals surface area contributed by atoms with Crippen LogP contribution in [0.25, 0.3) is 0 Å². The Hall–Kier alpha value is -1.71. The molecule has 2 aromatic carbocycles. The third kappa shape index (κ3) is 2.89. The van der Waals surface area contributed by atoms with Crippen LogP contribution in [-0.4, -0.2) is 11.1 Å². The molecule has 0 spiro atoms. The van der Waals surface area contributed by atoms with E-state index >= 15 is 0 Å². The summed E-state index contributed by atoms with van der Waals surface area (Å²) in [5, 5.41) is 13.4. The van der Waals surface area contributed by atoms with Crippen LogP contribution in [0.2, 0.25) is 10.0 Å². The Balaban J connectivity index is 2.49. The van der Waals surface area contributed by atoms with Crippen molar-refractivity contribution in [2.45, 2.75) is 12.5 Å². The van der Waals surface area contributed by atoms with Gasteiger partial charge in [-0.3, -0.25) is 0 Å². The average Bonchev–Trinajstić information content (AvgIpc) is 2.42. The van der Waals surface area contributed by atoms with E-state index < -0.39 is 11.5 Å². The summed E-state index contributed by atoms with van der Waals surface area (Å²) < 4.78 is 0. The van der Waals surface area contributed by atoms with Gasteiger partial charge >= 0.3 is 5.97 Å². The van der Waals surface area contributed by atoms with Gasteiger partial charge in [0.15, 0.2) is 5.54 Å². The van der Waals surface area contributed by atoms with Crippen LogP contribution in [0.1, 0.15) is 12.5 Å². The molecule has 3 nitrogen and oxygen atoms in total. The quantitative estimate of drug-likeness (QED) is 0.879. The lowest BCUT2D eigenvalue weighted by atomic mass is 9.91. The molecule has 0 bridgehead atoms. The number of rotatable bonds is 4. The number of carbonyl (C=O) groups is 1. The molecule has 5 heteroatoms. The lowest BCUT2D eigenvalue weighted by Crippen LogP contribution is -2.40. The summed E-state index contributed by atoms with van der Waals surface area (Å²) in [6, 6.07) is 13.9. The zero-order chi connectivity index (χ0) is 14.8. The number of hydrogen-bond donors (Lipinski definition) is 2. The summed E-state index contributed by atoms with van der Waals surface area (Å²) in [5.74, 6) is -1.04. The van der Waals surface area contributed by atoms with Crippen molar-refractivity contribution in [2.75, 3.05) is 5.32 Å². The molecule has 0 radical (unpaired) electrons. The minimum Gasteiger partial charge on any atom is -0.479 e. The molecule has 0 heterocycles. The summed E-state index contributed by atoms with van der Waals surface area (Å²) in [5.41, 5.74) is -0.264. The van der Waals surface area contributed by atoms with Crippen LogP contribution in [-0.2, 0) is 10.3 Å². The molecule has 0 saturated carbocycles. The highest BCUT2D eigenvalue weighted by Gasteiger charge is 2.37. The first-order chi connectivity index (χ1) is 9.43. The van der Waals surface area contributed by atoms with E-state index in [0.29, 0.717) is 21.3 Å². The second-order valence-electron chi connectivity index (χ2n) is 4.55. The van der Waals surface area contributed by atoms with Gasteiger partial charge in [0.1, 0.15) is 0 Å². The fraction of sp³-hybridized carbons (Fsp3) is 0.133. The van der Waals surface area contributed by atoms with E-state index in [4.69, 9.17) is 23.2 Å². The zero-order valence-electron chi connectivity index (χ0n) is 10.7. The Morgan fingerprint density at radius 2 is 1.80 bits per heavy atom. The normalized spacial score (nSPS) is 13.6. The van der Waals surface area contributed by atoms with Gasteiger partial charge in [-0.25, -0.2) is 4.79 Å². The first kappa shape index (κ1) is 14.7. The highest BCUT2D eigenvalue weighted by atomic mass is 35.5. The van der Waals surface area contributed by atoms with Crippen molar-refractivity contribution >= 4 is 34.9 Å². The van der Waals surface area contributed by atoms with E-state index in [9.17, 15) is 9.90 Å². The van der Waals surface area contributed by atoms with Crippen LogP contribution in [0, 0.1) is 0 Å². The third-order valence-corrected chi connectivity index (χ3v) is 3.63. The number of nitrogens with one attached hydrogen (secondary N) is 1. The maximum atomic E-state index is 11.7. The van der Waals surface area contributed by atoms with E-state index in [-0.39, 0.29) is 0 Å². The SMILES string of the molecule is CC(Nc1ccccc1)(C(=O)O)c1cc(Cl)ccc1Cl. The molecule has 0 saturated heterocycles. The van der Waals surface area contributed by atoms with Crippen LogP contribution in [0.4, 0.5) is 5.69 Å². The van der Waals surface area contributed by atoms with Gasteiger partial charge in [0.05, 0.1) is 0 Å². The van der Waals surface area contributed by atoms with E-state index in [1.165, 1.54) is 0 Å². The number of para-hydroxylation sites is 1. The molecule has 0 aliphatic carbocycles. The maximum Gasteiger partial charge on any atom is 0.333 e. The zero-order valence-corrected chi connectivity index (χ0v) is 12.2. The van der Waals surface area contributed by atoms with E-state index in [0.717, 1.165) is 0 Å². The van der Waals surface area contributed by atoms with Gasteiger partial charge in [-0.2, -0.15) is 0 Å². The molecule has 1 atom stereocenters. The van der Waals surface area contributed by atoms with E-state index in [1.54, 1.807) is 37.3 Å². The minimum absolute atomic E-state index is 0.350. The Morgan fingerprint density at radius 3 is 2.40 bits per heavy atom. The third-order valence-electron chi connectivity index (χ3n) is 3.06. The second-order valence-corrected chi connectivity index (χ2v) is 5.39. The van der Waals surface area contributed by atoms with Crippen molar-refractivity contribution in [3.8, 4) is 0 Å². The number of carboxylic acids is 1. The number of carboxylic acid groups (broad SMARTS) is 1. The Labute approximate surface area is 127 Å². The van der Waals surface area contributed by atoms with Crippen LogP contribution in [0.3, 0.4) is 0 Å². The molecule has 2 rings (SSSR count). The van der Waals surface area contributed by atoms with Gasteiger partial charge in [-0.05, 0) is 37.3 Å². The molecule has 0 aliphatic rings. The number of aliphatic carboxylic acids is 1. The predicted octanol–water partition coefficient (Wildman–Crippen LogP) is 4.41. The molecule has 20 heavy (non-hydrogen) atoms.